The second kappa shape index (κ2) is 13.1. The Hall–Kier alpha value is -5.86. The Morgan fingerprint density at radius 2 is 1.39 bits per heavy atom. The molecule has 3 atom stereocenters. The molecule has 0 radical (unpaired) electrons. The molecule has 0 saturated heterocycles. The number of anilines is 2. The summed E-state index contributed by atoms with van der Waals surface area (Å²) in [5.41, 5.74) is 20.1. The average molecular weight is 737 g/mol. The van der Waals surface area contributed by atoms with Gasteiger partial charge in [-0.15, -0.1) is 0 Å². The number of aromatic nitrogens is 1. The summed E-state index contributed by atoms with van der Waals surface area (Å²) in [6.45, 7) is 0. The minimum absolute atomic E-state index is 0.0925. The lowest BCUT2D eigenvalue weighted by molar-refractivity contribution is 0.568. The van der Waals surface area contributed by atoms with Gasteiger partial charge >= 0.3 is 0 Å². The van der Waals surface area contributed by atoms with Crippen LogP contribution in [0, 0.1) is 0 Å². The smallest absolute Gasteiger partial charge is 0.0629 e. The molecule has 2 heteroatoms. The van der Waals surface area contributed by atoms with Crippen LogP contribution in [0.4, 0.5) is 11.4 Å². The topological polar surface area (TPSA) is 8.17 Å². The molecule has 0 saturated carbocycles. The highest BCUT2D eigenvalue weighted by atomic mass is 15.2. The first-order valence-corrected chi connectivity index (χ1v) is 21.6. The van der Waals surface area contributed by atoms with Crippen molar-refractivity contribution in [2.75, 3.05) is 4.90 Å². The van der Waals surface area contributed by atoms with Crippen LogP contribution < -0.4 is 4.90 Å². The number of rotatable bonds is 5. The highest BCUT2D eigenvalue weighted by Crippen LogP contribution is 2.61. The van der Waals surface area contributed by atoms with Crippen molar-refractivity contribution in [2.24, 2.45) is 0 Å². The van der Waals surface area contributed by atoms with E-state index >= 15 is 0 Å². The zero-order chi connectivity index (χ0) is 37.5. The molecular formula is C55H48N2. The van der Waals surface area contributed by atoms with E-state index in [4.69, 9.17) is 0 Å². The van der Waals surface area contributed by atoms with Gasteiger partial charge in [0.25, 0.3) is 0 Å². The monoisotopic (exact) mass is 736 g/mol. The fourth-order valence-electron chi connectivity index (χ4n) is 11.9. The Labute approximate surface area is 336 Å². The molecule has 0 spiro atoms. The molecule has 3 unspecified atom stereocenters. The lowest BCUT2D eigenvalue weighted by atomic mass is 9.61. The third-order valence-electron chi connectivity index (χ3n) is 14.3. The summed E-state index contributed by atoms with van der Waals surface area (Å²) in [5.74, 6) is 0.304. The van der Waals surface area contributed by atoms with Gasteiger partial charge in [0.15, 0.2) is 0 Å². The standard InChI is InChI=1S/C55H48N2/c1-3-15-39(16-4-1)55(49-23-11-7-19-43(49)44-20-8-12-24-50(44)55)40-29-31-42(32-30-40)57-52-26-14-10-22-46(52)48-36-38(28-34-54(48)57)37-27-33-53-47(35-37)45-21-9-13-25-51(45)56(53)41-17-5-2-6-18-41/h1-3,5,7,9-10,13-15,17,19,21-22,25-36,46,52H,4,6,8,11-12,16,18,20,23-24H2. The molecule has 4 aromatic carbocycles. The maximum atomic E-state index is 2.61. The van der Waals surface area contributed by atoms with Crippen LogP contribution in [0.1, 0.15) is 81.3 Å². The normalized spacial score (nSPS) is 24.6. The molecule has 278 valence electrons. The quantitative estimate of drug-likeness (QED) is 0.174. The van der Waals surface area contributed by atoms with E-state index in [1.54, 1.807) is 27.9 Å². The molecule has 0 N–H and O–H groups in total. The van der Waals surface area contributed by atoms with E-state index in [0.29, 0.717) is 5.92 Å². The highest BCUT2D eigenvalue weighted by molar-refractivity contribution is 6.11. The van der Waals surface area contributed by atoms with E-state index in [2.05, 4.69) is 167 Å². The van der Waals surface area contributed by atoms with Gasteiger partial charge in [-0.05, 0) is 157 Å². The van der Waals surface area contributed by atoms with Gasteiger partial charge in [0.2, 0.25) is 0 Å². The summed E-state index contributed by atoms with van der Waals surface area (Å²) in [6.07, 6.45) is 40.0. The first kappa shape index (κ1) is 33.3. The SMILES string of the molecule is C1=CCCC(n2c3ccccc3c3cc(-c4ccc5c(c4)C4C=CC=CC4N5c4ccc(C5(C6=CC=CCC6)C6=C(C=CCC6)C6=C5CCCC6)cc4)ccc32)=C1. The minimum Gasteiger partial charge on any atom is -0.333 e. The molecule has 7 aliphatic rings. The first-order chi connectivity index (χ1) is 28.3. The van der Waals surface area contributed by atoms with Crippen molar-refractivity contribution in [3.05, 3.63) is 197 Å². The van der Waals surface area contributed by atoms with E-state index in [1.165, 1.54) is 86.8 Å². The van der Waals surface area contributed by atoms with E-state index in [0.717, 1.165) is 38.5 Å². The second-order valence-electron chi connectivity index (χ2n) is 17.1. The van der Waals surface area contributed by atoms with Gasteiger partial charge < -0.3 is 9.47 Å². The van der Waals surface area contributed by atoms with Gasteiger partial charge in [-0.25, -0.2) is 0 Å². The molecule has 57 heavy (non-hydrogen) atoms. The molecule has 0 bridgehead atoms. The van der Waals surface area contributed by atoms with Gasteiger partial charge in [-0.1, -0.05) is 115 Å². The Kier molecular flexibility index (Phi) is 7.65. The van der Waals surface area contributed by atoms with Crippen molar-refractivity contribution < 1.29 is 0 Å². The van der Waals surface area contributed by atoms with E-state index in [-0.39, 0.29) is 11.5 Å². The lowest BCUT2D eigenvalue weighted by Crippen LogP contribution is -2.34. The molecule has 1 aliphatic heterocycles. The Morgan fingerprint density at radius 3 is 2.26 bits per heavy atom. The summed E-state index contributed by atoms with van der Waals surface area (Å²) in [7, 11) is 0. The molecule has 5 aromatic rings. The van der Waals surface area contributed by atoms with Crippen LogP contribution in [-0.4, -0.2) is 10.6 Å². The molecular weight excluding hydrogens is 689 g/mol. The van der Waals surface area contributed by atoms with Crippen LogP contribution in [0.3, 0.4) is 0 Å². The van der Waals surface area contributed by atoms with Crippen LogP contribution in [0.25, 0.3) is 38.6 Å². The van der Waals surface area contributed by atoms with Crippen LogP contribution in [0.15, 0.2) is 186 Å². The molecule has 12 rings (SSSR count). The van der Waals surface area contributed by atoms with Crippen molar-refractivity contribution in [1.82, 2.24) is 4.57 Å². The van der Waals surface area contributed by atoms with Crippen LogP contribution in [0.5, 0.6) is 0 Å². The van der Waals surface area contributed by atoms with Crippen molar-refractivity contribution in [2.45, 2.75) is 81.6 Å². The van der Waals surface area contributed by atoms with Gasteiger partial charge in [0, 0.05) is 33.8 Å². The second-order valence-corrected chi connectivity index (χ2v) is 17.1. The minimum atomic E-state index is -0.0925. The third kappa shape index (κ3) is 4.89. The number of fused-ring (bicyclic) bond motifs is 7. The predicted octanol–water partition coefficient (Wildman–Crippen LogP) is 14.4. The maximum Gasteiger partial charge on any atom is 0.0629 e. The predicted molar refractivity (Wildman–Crippen MR) is 240 cm³/mol. The van der Waals surface area contributed by atoms with Crippen LogP contribution in [-0.2, 0) is 5.41 Å². The fraction of sp³-hybridized carbons (Fsp3) is 0.236. The van der Waals surface area contributed by atoms with Crippen molar-refractivity contribution in [3.8, 4) is 11.1 Å². The average Bonchev–Trinajstić information content (AvgIpc) is 3.91. The van der Waals surface area contributed by atoms with Gasteiger partial charge in [0.1, 0.15) is 0 Å². The Morgan fingerprint density at radius 1 is 0.596 bits per heavy atom. The van der Waals surface area contributed by atoms with Gasteiger partial charge in [0.05, 0.1) is 22.5 Å². The van der Waals surface area contributed by atoms with Crippen molar-refractivity contribution in [3.63, 3.8) is 0 Å². The number of benzene rings is 4. The molecule has 1 aromatic heterocycles. The van der Waals surface area contributed by atoms with E-state index < -0.39 is 0 Å². The largest absolute Gasteiger partial charge is 0.333 e. The summed E-state index contributed by atoms with van der Waals surface area (Å²) >= 11 is 0. The molecule has 0 amide bonds. The first-order valence-electron chi connectivity index (χ1n) is 21.6. The summed E-state index contributed by atoms with van der Waals surface area (Å²) in [5, 5.41) is 2.64. The van der Waals surface area contributed by atoms with E-state index in [9.17, 15) is 0 Å². The van der Waals surface area contributed by atoms with Crippen molar-refractivity contribution >= 4 is 38.9 Å². The van der Waals surface area contributed by atoms with E-state index in [1.807, 2.05) is 0 Å². The maximum absolute atomic E-state index is 2.61. The summed E-state index contributed by atoms with van der Waals surface area (Å²) in [4.78, 5) is 2.61. The van der Waals surface area contributed by atoms with Gasteiger partial charge in [-0.2, -0.15) is 0 Å². The lowest BCUT2D eigenvalue weighted by Gasteiger charge is -2.41. The van der Waals surface area contributed by atoms with Gasteiger partial charge in [-0.3, -0.25) is 0 Å². The highest BCUT2D eigenvalue weighted by Gasteiger charge is 2.50. The summed E-state index contributed by atoms with van der Waals surface area (Å²) in [6, 6.07) is 33.4. The molecule has 0 fully saturated rings. The number of para-hydroxylation sites is 1. The molecule has 6 aliphatic carbocycles. The summed E-state index contributed by atoms with van der Waals surface area (Å²) < 4.78 is 2.48. The van der Waals surface area contributed by atoms with Crippen LogP contribution in [0.2, 0.25) is 0 Å². The number of hydrogen-bond donors (Lipinski definition) is 0. The van der Waals surface area contributed by atoms with Crippen molar-refractivity contribution in [1.29, 1.82) is 0 Å². The molecule has 2 nitrogen and oxygen atoms in total. The number of allylic oxidation sites excluding steroid dienone is 16. The Bertz CT molecular complexity index is 2800. The Balaban J connectivity index is 0.948. The zero-order valence-electron chi connectivity index (χ0n) is 32.6. The van der Waals surface area contributed by atoms with Crippen LogP contribution >= 0.6 is 0 Å². The molecule has 2 heterocycles. The number of nitrogens with zero attached hydrogens (tertiary/aromatic N) is 2. The third-order valence-corrected chi connectivity index (χ3v) is 14.3. The zero-order valence-corrected chi connectivity index (χ0v) is 32.6. The fourth-order valence-corrected chi connectivity index (χ4v) is 11.9. The number of hydrogen-bond acceptors (Lipinski definition) is 1.